The average molecular weight is 463 g/mol. The summed E-state index contributed by atoms with van der Waals surface area (Å²) in [6, 6.07) is 0. The fourth-order valence-corrected chi connectivity index (χ4v) is 3.40. The molecule has 0 spiro atoms. The van der Waals surface area contributed by atoms with Crippen LogP contribution in [0.3, 0.4) is 0 Å². The van der Waals surface area contributed by atoms with Crippen LogP contribution in [-0.2, 0) is 18.9 Å². The van der Waals surface area contributed by atoms with Crippen molar-refractivity contribution in [1.29, 1.82) is 0 Å². The molecule has 2 N–H and O–H groups in total. The average Bonchev–Trinajstić information content (AvgIpc) is 2.72. The maximum absolute atomic E-state index is 6.49. The van der Waals surface area contributed by atoms with Gasteiger partial charge in [0.2, 0.25) is 0 Å². The predicted molar refractivity (Wildman–Crippen MR) is 136 cm³/mol. The maximum atomic E-state index is 6.49. The molecule has 0 radical (unpaired) electrons. The molecule has 2 atom stereocenters. The molecule has 0 saturated carbocycles. The summed E-state index contributed by atoms with van der Waals surface area (Å²) in [5.41, 5.74) is 0. The summed E-state index contributed by atoms with van der Waals surface area (Å²) in [7, 11) is 0. The van der Waals surface area contributed by atoms with E-state index in [1.165, 1.54) is 38.5 Å². The van der Waals surface area contributed by atoms with Gasteiger partial charge in [0, 0.05) is 6.61 Å². The lowest BCUT2D eigenvalue weighted by Gasteiger charge is -2.40. The Kier molecular flexibility index (Phi) is 24.0. The first-order chi connectivity index (χ1) is 14.9. The number of ether oxygens (including phenoxy) is 4. The third kappa shape index (κ3) is 17.3. The van der Waals surface area contributed by atoms with Gasteiger partial charge in [0.1, 0.15) is 6.10 Å². The molecule has 2 unspecified atom stereocenters. The fourth-order valence-electron chi connectivity index (χ4n) is 3.40. The van der Waals surface area contributed by atoms with Gasteiger partial charge in [0.15, 0.2) is 0 Å². The van der Waals surface area contributed by atoms with Gasteiger partial charge in [0.05, 0.1) is 19.8 Å². The normalized spacial score (nSPS) is 14.5. The number of hydrogen-bond donors (Lipinski definition) is 0. The van der Waals surface area contributed by atoms with Gasteiger partial charge < -0.3 is 24.4 Å². The van der Waals surface area contributed by atoms with E-state index in [0.717, 1.165) is 38.5 Å². The molecule has 0 bridgehead atoms. The van der Waals surface area contributed by atoms with E-state index in [0.29, 0.717) is 38.3 Å². The van der Waals surface area contributed by atoms with E-state index in [-0.39, 0.29) is 11.6 Å². The molecule has 0 fully saturated rings. The Balaban J connectivity index is 0. The van der Waals surface area contributed by atoms with Crippen LogP contribution in [0.1, 0.15) is 126 Å². The molecule has 0 saturated heterocycles. The molecule has 0 amide bonds. The molecule has 0 aliphatic carbocycles. The fraction of sp³-hybridized carbons (Fsp3) is 1.00. The molecule has 196 valence electrons. The van der Waals surface area contributed by atoms with E-state index in [1.54, 1.807) is 0 Å². The highest BCUT2D eigenvalue weighted by molar-refractivity contribution is 4.74. The zero-order chi connectivity index (χ0) is 23.4. The molecular formula is C27H58O5. The summed E-state index contributed by atoms with van der Waals surface area (Å²) in [6.07, 6.45) is 13.2. The quantitative estimate of drug-likeness (QED) is 0.118. The van der Waals surface area contributed by atoms with Crippen LogP contribution in [0.15, 0.2) is 0 Å². The van der Waals surface area contributed by atoms with E-state index in [4.69, 9.17) is 18.9 Å². The minimum atomic E-state index is -1.09. The van der Waals surface area contributed by atoms with E-state index < -0.39 is 5.97 Å². The molecule has 5 nitrogen and oxygen atoms in total. The van der Waals surface area contributed by atoms with Crippen LogP contribution in [0.25, 0.3) is 0 Å². The van der Waals surface area contributed by atoms with Crippen molar-refractivity contribution in [3.05, 3.63) is 0 Å². The SMILES string of the molecule is CCCCCCOC(OCCCCC)(OCCC(C)C)C(CCCCC)OCC(C)C.O. The van der Waals surface area contributed by atoms with Gasteiger partial charge in [-0.2, -0.15) is 0 Å². The molecule has 0 aromatic carbocycles. The van der Waals surface area contributed by atoms with E-state index >= 15 is 0 Å². The lowest BCUT2D eigenvalue weighted by molar-refractivity contribution is -0.419. The van der Waals surface area contributed by atoms with Crippen molar-refractivity contribution in [1.82, 2.24) is 0 Å². The van der Waals surface area contributed by atoms with Crippen LogP contribution in [-0.4, -0.2) is 44.0 Å². The van der Waals surface area contributed by atoms with E-state index in [9.17, 15) is 0 Å². The monoisotopic (exact) mass is 462 g/mol. The van der Waals surface area contributed by atoms with Crippen LogP contribution in [0.5, 0.6) is 0 Å². The van der Waals surface area contributed by atoms with E-state index in [2.05, 4.69) is 48.5 Å². The molecule has 0 aromatic heterocycles. The van der Waals surface area contributed by atoms with Crippen molar-refractivity contribution >= 4 is 0 Å². The van der Waals surface area contributed by atoms with Crippen LogP contribution < -0.4 is 0 Å². The summed E-state index contributed by atoms with van der Waals surface area (Å²) in [6.45, 7) is 18.2. The highest BCUT2D eigenvalue weighted by atomic mass is 16.9. The van der Waals surface area contributed by atoms with Crippen molar-refractivity contribution in [2.45, 2.75) is 138 Å². The Hall–Kier alpha value is -0.200. The highest BCUT2D eigenvalue weighted by Gasteiger charge is 2.44. The zero-order valence-corrected chi connectivity index (χ0v) is 22.7. The molecule has 0 heterocycles. The van der Waals surface area contributed by atoms with Crippen molar-refractivity contribution in [3.63, 3.8) is 0 Å². The van der Waals surface area contributed by atoms with Gasteiger partial charge in [0.25, 0.3) is 0 Å². The summed E-state index contributed by atoms with van der Waals surface area (Å²) < 4.78 is 25.9. The van der Waals surface area contributed by atoms with Crippen LogP contribution in [0.4, 0.5) is 0 Å². The zero-order valence-electron chi connectivity index (χ0n) is 22.7. The Morgan fingerprint density at radius 3 is 1.59 bits per heavy atom. The summed E-state index contributed by atoms with van der Waals surface area (Å²) >= 11 is 0. The third-order valence-electron chi connectivity index (χ3n) is 5.45. The molecule has 5 heteroatoms. The Morgan fingerprint density at radius 1 is 0.562 bits per heavy atom. The van der Waals surface area contributed by atoms with Crippen molar-refractivity contribution in [3.8, 4) is 0 Å². The molecule has 0 aromatic rings. The number of hydrogen-bond acceptors (Lipinski definition) is 4. The lowest BCUT2D eigenvalue weighted by Crippen LogP contribution is -2.52. The molecular weight excluding hydrogens is 404 g/mol. The van der Waals surface area contributed by atoms with Crippen molar-refractivity contribution in [2.75, 3.05) is 26.4 Å². The molecule has 0 rings (SSSR count). The molecule has 0 aliphatic heterocycles. The third-order valence-corrected chi connectivity index (χ3v) is 5.45. The van der Waals surface area contributed by atoms with Crippen molar-refractivity contribution < 1.29 is 24.4 Å². The Bertz CT molecular complexity index is 375. The second-order valence-corrected chi connectivity index (χ2v) is 9.81. The van der Waals surface area contributed by atoms with Gasteiger partial charge >= 0.3 is 5.97 Å². The van der Waals surface area contributed by atoms with Gasteiger partial charge in [-0.25, -0.2) is 0 Å². The second-order valence-electron chi connectivity index (χ2n) is 9.81. The van der Waals surface area contributed by atoms with Crippen LogP contribution in [0, 0.1) is 11.8 Å². The van der Waals surface area contributed by atoms with Crippen LogP contribution in [0.2, 0.25) is 0 Å². The summed E-state index contributed by atoms with van der Waals surface area (Å²) in [4.78, 5) is 0. The number of unbranched alkanes of at least 4 members (excludes halogenated alkanes) is 7. The van der Waals surface area contributed by atoms with Gasteiger partial charge in [-0.15, -0.1) is 0 Å². The Morgan fingerprint density at radius 2 is 1.06 bits per heavy atom. The summed E-state index contributed by atoms with van der Waals surface area (Å²) in [5.74, 6) is -0.0403. The maximum Gasteiger partial charge on any atom is 0.310 e. The van der Waals surface area contributed by atoms with Crippen molar-refractivity contribution in [2.24, 2.45) is 11.8 Å². The predicted octanol–water partition coefficient (Wildman–Crippen LogP) is 7.30. The van der Waals surface area contributed by atoms with E-state index in [1.807, 2.05) is 0 Å². The first kappa shape index (κ1) is 34.0. The Labute approximate surface area is 200 Å². The topological polar surface area (TPSA) is 68.4 Å². The first-order valence-corrected chi connectivity index (χ1v) is 13.4. The molecule has 32 heavy (non-hydrogen) atoms. The largest absolute Gasteiger partial charge is 0.412 e. The van der Waals surface area contributed by atoms with Gasteiger partial charge in [-0.1, -0.05) is 99.8 Å². The number of rotatable bonds is 23. The molecule has 0 aliphatic rings. The minimum Gasteiger partial charge on any atom is -0.412 e. The standard InChI is InChI=1S/C27H56O4.H2O/c1-8-11-14-17-21-30-27(29-20-16-13-10-3,31-22-19-24(4)5)26(18-15-12-9-2)28-23-25(6)7;/h24-26H,8-23H2,1-7H3;1H2. The first-order valence-electron chi connectivity index (χ1n) is 13.4. The highest BCUT2D eigenvalue weighted by Crippen LogP contribution is 2.29. The van der Waals surface area contributed by atoms with Gasteiger partial charge in [-0.3, -0.25) is 0 Å². The lowest BCUT2D eigenvalue weighted by atomic mass is 10.1. The second kappa shape index (κ2) is 22.6. The summed E-state index contributed by atoms with van der Waals surface area (Å²) in [5, 5.41) is 0. The van der Waals surface area contributed by atoms with Gasteiger partial charge in [-0.05, 0) is 37.5 Å². The minimum absolute atomic E-state index is 0. The smallest absolute Gasteiger partial charge is 0.310 e. The van der Waals surface area contributed by atoms with Crippen LogP contribution >= 0.6 is 0 Å².